The highest BCUT2D eigenvalue weighted by Gasteiger charge is 2.19. The summed E-state index contributed by atoms with van der Waals surface area (Å²) in [5, 5.41) is 13.5. The molecule has 0 aliphatic heterocycles. The lowest BCUT2D eigenvalue weighted by molar-refractivity contribution is -0.385. The molecule has 0 saturated heterocycles. The van der Waals surface area contributed by atoms with Crippen LogP contribution in [0, 0.1) is 22.9 Å². The fraction of sp³-hybridized carbons (Fsp3) is 0.111. The molecular formula is C18H15FN4O5S. The van der Waals surface area contributed by atoms with Crippen LogP contribution in [0.15, 0.2) is 53.7 Å². The molecule has 3 aromatic rings. The maximum Gasteiger partial charge on any atom is 0.271 e. The number of halogens is 1. The van der Waals surface area contributed by atoms with E-state index in [1.54, 1.807) is 13.1 Å². The first-order valence-corrected chi connectivity index (χ1v) is 10.1. The Morgan fingerprint density at radius 1 is 1.24 bits per heavy atom. The minimum atomic E-state index is -3.78. The van der Waals surface area contributed by atoms with Gasteiger partial charge in [-0.05, 0) is 31.2 Å². The molecule has 1 aromatic heterocycles. The molecule has 29 heavy (non-hydrogen) atoms. The number of hydrogen-bond donors (Lipinski definition) is 1. The standard InChI is InChI=1S/C18H15FN4O5S/c1-11-20-5-6-22(11)17-4-3-13(9-16(17)19)21-18(24)12-7-14(23(25)26)10-15(8-12)29(2,27)28/h3-10H,1-2H3,(H,21,24). The van der Waals surface area contributed by atoms with E-state index in [4.69, 9.17) is 0 Å². The molecule has 0 fully saturated rings. The van der Waals surface area contributed by atoms with Gasteiger partial charge in [-0.3, -0.25) is 14.9 Å². The normalized spacial score (nSPS) is 11.3. The smallest absolute Gasteiger partial charge is 0.271 e. The van der Waals surface area contributed by atoms with Crippen LogP contribution in [-0.2, 0) is 9.84 Å². The zero-order valence-electron chi connectivity index (χ0n) is 15.3. The van der Waals surface area contributed by atoms with Gasteiger partial charge in [-0.2, -0.15) is 0 Å². The van der Waals surface area contributed by atoms with Gasteiger partial charge in [-0.25, -0.2) is 17.8 Å². The number of nitro groups is 1. The number of rotatable bonds is 5. The van der Waals surface area contributed by atoms with Crippen LogP contribution >= 0.6 is 0 Å². The molecule has 0 aliphatic rings. The first-order chi connectivity index (χ1) is 13.6. The summed E-state index contributed by atoms with van der Waals surface area (Å²) >= 11 is 0. The van der Waals surface area contributed by atoms with Gasteiger partial charge in [0, 0.05) is 42.0 Å². The van der Waals surface area contributed by atoms with Crippen LogP contribution in [0.25, 0.3) is 5.69 Å². The van der Waals surface area contributed by atoms with Gasteiger partial charge in [-0.15, -0.1) is 0 Å². The fourth-order valence-electron chi connectivity index (χ4n) is 2.65. The number of aryl methyl sites for hydroxylation is 1. The molecule has 0 aliphatic carbocycles. The molecule has 0 radical (unpaired) electrons. The molecule has 1 heterocycles. The summed E-state index contributed by atoms with van der Waals surface area (Å²) in [6.07, 6.45) is 3.98. The van der Waals surface area contributed by atoms with Gasteiger partial charge in [0.25, 0.3) is 11.6 Å². The summed E-state index contributed by atoms with van der Waals surface area (Å²) in [6, 6.07) is 6.82. The molecule has 0 saturated carbocycles. The number of sulfone groups is 1. The molecule has 0 unspecified atom stereocenters. The Morgan fingerprint density at radius 3 is 2.52 bits per heavy atom. The predicted molar refractivity (Wildman–Crippen MR) is 102 cm³/mol. The predicted octanol–water partition coefficient (Wildman–Crippen LogP) is 2.88. The number of nitrogens with one attached hydrogen (secondary N) is 1. The monoisotopic (exact) mass is 418 g/mol. The van der Waals surface area contributed by atoms with Crippen LogP contribution in [0.2, 0.25) is 0 Å². The summed E-state index contributed by atoms with van der Waals surface area (Å²) in [4.78, 5) is 26.4. The van der Waals surface area contributed by atoms with Gasteiger partial charge >= 0.3 is 0 Å². The first-order valence-electron chi connectivity index (χ1n) is 8.17. The van der Waals surface area contributed by atoms with E-state index >= 15 is 0 Å². The topological polar surface area (TPSA) is 124 Å². The van der Waals surface area contributed by atoms with E-state index < -0.39 is 32.2 Å². The number of aromatic nitrogens is 2. The minimum absolute atomic E-state index is 0.0985. The van der Waals surface area contributed by atoms with Crippen LogP contribution in [0.5, 0.6) is 0 Å². The average molecular weight is 418 g/mol. The molecule has 3 rings (SSSR count). The molecule has 0 atom stereocenters. The highest BCUT2D eigenvalue weighted by atomic mass is 32.2. The van der Waals surface area contributed by atoms with Crippen molar-refractivity contribution in [3.8, 4) is 5.69 Å². The summed E-state index contributed by atoms with van der Waals surface area (Å²) in [7, 11) is -3.78. The number of amides is 1. The Kier molecular flexibility index (Phi) is 5.16. The lowest BCUT2D eigenvalue weighted by atomic mass is 10.1. The molecule has 2 aromatic carbocycles. The van der Waals surface area contributed by atoms with Gasteiger partial charge in [0.05, 0.1) is 15.5 Å². The zero-order chi connectivity index (χ0) is 21.3. The number of hydrogen-bond acceptors (Lipinski definition) is 6. The van der Waals surface area contributed by atoms with Crippen molar-refractivity contribution in [1.29, 1.82) is 0 Å². The summed E-state index contributed by atoms with van der Waals surface area (Å²) in [5.74, 6) is -0.866. The Balaban J connectivity index is 1.93. The van der Waals surface area contributed by atoms with Gasteiger partial charge in [0.2, 0.25) is 0 Å². The SMILES string of the molecule is Cc1nccn1-c1ccc(NC(=O)c2cc([N+](=O)[O-])cc(S(C)(=O)=O)c2)cc1F. The van der Waals surface area contributed by atoms with Crippen molar-refractivity contribution in [2.45, 2.75) is 11.8 Å². The van der Waals surface area contributed by atoms with Crippen LogP contribution in [0.3, 0.4) is 0 Å². The van der Waals surface area contributed by atoms with Crippen molar-refractivity contribution in [2.24, 2.45) is 0 Å². The van der Waals surface area contributed by atoms with Gasteiger partial charge < -0.3 is 9.88 Å². The maximum absolute atomic E-state index is 14.5. The first kappa shape index (κ1) is 20.1. The van der Waals surface area contributed by atoms with E-state index in [1.807, 2.05) is 0 Å². The highest BCUT2D eigenvalue weighted by Crippen LogP contribution is 2.23. The second kappa shape index (κ2) is 7.43. The number of nitrogens with zero attached hydrogens (tertiary/aromatic N) is 3. The van der Waals surface area contributed by atoms with Crippen molar-refractivity contribution >= 4 is 27.1 Å². The average Bonchev–Trinajstić information content (AvgIpc) is 3.06. The quantitative estimate of drug-likeness (QED) is 0.502. The van der Waals surface area contributed by atoms with Crippen LogP contribution in [-0.4, -0.2) is 35.1 Å². The van der Waals surface area contributed by atoms with E-state index in [-0.39, 0.29) is 21.8 Å². The largest absolute Gasteiger partial charge is 0.322 e. The Bertz CT molecular complexity index is 1240. The van der Waals surface area contributed by atoms with Crippen molar-refractivity contribution < 1.29 is 22.5 Å². The number of benzene rings is 2. The molecule has 11 heteroatoms. The number of carbonyl (C=O) groups excluding carboxylic acids is 1. The molecule has 150 valence electrons. The van der Waals surface area contributed by atoms with Gasteiger partial charge in [-0.1, -0.05) is 0 Å². The molecule has 1 amide bonds. The van der Waals surface area contributed by atoms with E-state index in [2.05, 4.69) is 10.3 Å². The highest BCUT2D eigenvalue weighted by molar-refractivity contribution is 7.90. The summed E-state index contributed by atoms with van der Waals surface area (Å²) in [6.45, 7) is 1.71. The molecule has 9 nitrogen and oxygen atoms in total. The minimum Gasteiger partial charge on any atom is -0.322 e. The second-order valence-electron chi connectivity index (χ2n) is 6.21. The molecular weight excluding hydrogens is 403 g/mol. The van der Waals surface area contributed by atoms with Crippen LogP contribution in [0.1, 0.15) is 16.2 Å². The van der Waals surface area contributed by atoms with Crippen LogP contribution in [0.4, 0.5) is 15.8 Å². The fourth-order valence-corrected chi connectivity index (χ4v) is 3.33. The summed E-state index contributed by atoms with van der Waals surface area (Å²) in [5.41, 5.74) is -0.459. The maximum atomic E-state index is 14.5. The summed E-state index contributed by atoms with van der Waals surface area (Å²) < 4.78 is 39.5. The van der Waals surface area contributed by atoms with Crippen molar-refractivity contribution in [2.75, 3.05) is 11.6 Å². The van der Waals surface area contributed by atoms with Gasteiger partial charge in [0.1, 0.15) is 11.6 Å². The Labute approximate surface area is 164 Å². The Morgan fingerprint density at radius 2 is 1.97 bits per heavy atom. The van der Waals surface area contributed by atoms with Crippen molar-refractivity contribution in [3.05, 3.63) is 76.1 Å². The third-order valence-electron chi connectivity index (χ3n) is 4.08. The number of imidazole rings is 1. The van der Waals surface area contributed by atoms with Crippen LogP contribution < -0.4 is 5.32 Å². The van der Waals surface area contributed by atoms with Crippen molar-refractivity contribution in [3.63, 3.8) is 0 Å². The molecule has 0 bridgehead atoms. The number of carbonyl (C=O) groups is 1. The van der Waals surface area contributed by atoms with E-state index in [0.717, 1.165) is 30.5 Å². The third kappa shape index (κ3) is 4.29. The second-order valence-corrected chi connectivity index (χ2v) is 8.23. The van der Waals surface area contributed by atoms with Crippen molar-refractivity contribution in [1.82, 2.24) is 9.55 Å². The molecule has 0 spiro atoms. The van der Waals surface area contributed by atoms with E-state index in [9.17, 15) is 27.7 Å². The lowest BCUT2D eigenvalue weighted by Gasteiger charge is -2.10. The number of anilines is 1. The lowest BCUT2D eigenvalue weighted by Crippen LogP contribution is -2.14. The Hall–Kier alpha value is -3.60. The van der Waals surface area contributed by atoms with Gasteiger partial charge in [0.15, 0.2) is 9.84 Å². The number of nitro benzene ring substituents is 1. The molecule has 1 N–H and O–H groups in total. The third-order valence-corrected chi connectivity index (χ3v) is 5.18. The zero-order valence-corrected chi connectivity index (χ0v) is 16.1. The van der Waals surface area contributed by atoms with E-state index in [1.165, 1.54) is 22.9 Å². The van der Waals surface area contributed by atoms with E-state index in [0.29, 0.717) is 5.82 Å². The number of non-ortho nitro benzene ring substituents is 1.